The quantitative estimate of drug-likeness (QED) is 0.564. The maximum absolute atomic E-state index is 13.2. The molecule has 8 nitrogen and oxygen atoms in total. The Morgan fingerprint density at radius 2 is 1.86 bits per heavy atom. The molecule has 192 valence electrons. The summed E-state index contributed by atoms with van der Waals surface area (Å²) in [6.45, 7) is 5.92. The fraction of sp³-hybridized carbons (Fsp3) is 0.407. The number of nitrogens with zero attached hydrogens (tertiary/aromatic N) is 3. The molecule has 0 bridgehead atoms. The predicted octanol–water partition coefficient (Wildman–Crippen LogP) is 3.53. The molecule has 3 N–H and O–H groups in total. The van der Waals surface area contributed by atoms with Crippen molar-refractivity contribution < 1.29 is 18.3 Å². The third-order valence-electron chi connectivity index (χ3n) is 6.48. The number of hydrogen-bond donors (Lipinski definition) is 2. The number of amides is 1. The van der Waals surface area contributed by atoms with E-state index in [0.717, 1.165) is 29.5 Å². The molecule has 0 spiro atoms. The molecule has 2 aliphatic heterocycles. The van der Waals surface area contributed by atoms with Crippen LogP contribution in [0.25, 0.3) is 17.2 Å². The van der Waals surface area contributed by atoms with Gasteiger partial charge in [-0.2, -0.15) is 4.31 Å². The van der Waals surface area contributed by atoms with Crippen molar-refractivity contribution in [3.05, 3.63) is 53.6 Å². The van der Waals surface area contributed by atoms with Crippen LogP contribution >= 0.6 is 0 Å². The van der Waals surface area contributed by atoms with Crippen LogP contribution in [0.1, 0.15) is 45.1 Å². The molecule has 2 heterocycles. The third kappa shape index (κ3) is 5.53. The number of aliphatic hydroxyl groups is 1. The number of benzene rings is 2. The minimum atomic E-state index is -3.69. The maximum Gasteiger partial charge on any atom is 0.250 e. The van der Waals surface area contributed by atoms with Gasteiger partial charge in [0.25, 0.3) is 0 Å². The topological polar surface area (TPSA) is 116 Å². The Bertz CT molecular complexity index is 1300. The first kappa shape index (κ1) is 26.1. The van der Waals surface area contributed by atoms with E-state index in [1.807, 2.05) is 35.2 Å². The Hall–Kier alpha value is -3.01. The number of aliphatic imine (C=N–C) groups is 1. The number of nitrogens with two attached hydrogens (primary N) is 1. The Balaban J connectivity index is 1.66. The van der Waals surface area contributed by atoms with Crippen LogP contribution in [0, 0.1) is 0 Å². The highest BCUT2D eigenvalue weighted by Crippen LogP contribution is 2.33. The normalized spacial score (nSPS) is 18.2. The summed E-state index contributed by atoms with van der Waals surface area (Å²) in [6.07, 6.45) is 3.73. The molecule has 0 unspecified atom stereocenters. The molecule has 1 atom stereocenters. The van der Waals surface area contributed by atoms with E-state index in [1.54, 1.807) is 18.2 Å². The van der Waals surface area contributed by atoms with Gasteiger partial charge in [0.15, 0.2) is 0 Å². The van der Waals surface area contributed by atoms with Gasteiger partial charge < -0.3 is 15.7 Å². The zero-order valence-electron chi connectivity index (χ0n) is 20.9. The summed E-state index contributed by atoms with van der Waals surface area (Å²) in [5, 5.41) is 9.78. The fourth-order valence-electron chi connectivity index (χ4n) is 4.68. The predicted molar refractivity (Wildman–Crippen MR) is 142 cm³/mol. The third-order valence-corrected chi connectivity index (χ3v) is 8.34. The van der Waals surface area contributed by atoms with Crippen LogP contribution in [0.3, 0.4) is 0 Å². The largest absolute Gasteiger partial charge is 0.392 e. The Morgan fingerprint density at radius 1 is 1.14 bits per heavy atom. The molecule has 9 heteroatoms. The van der Waals surface area contributed by atoms with Gasteiger partial charge in [-0.3, -0.25) is 4.79 Å². The lowest BCUT2D eigenvalue weighted by atomic mass is 10.0. The van der Waals surface area contributed by atoms with E-state index in [9.17, 15) is 18.3 Å². The number of aliphatic hydroxyl groups excluding tert-OH is 1. The Labute approximate surface area is 213 Å². The van der Waals surface area contributed by atoms with Crippen LogP contribution in [-0.2, 0) is 14.8 Å². The standard InChI is InChI=1S/C27H34N4O4S/c1-3-11-30(12-4-2)27(33)22-14-21-9-8-20(16-25(21)29-26(28)17-22)19-6-5-7-24(15-19)36(34,35)31-13-10-23(32)18-31/h5-9,14-16,23,32H,3-4,10-13,17-18H2,1-2H3,(H2,28,29)/t23-/m0/s1. The van der Waals surface area contributed by atoms with Crippen LogP contribution in [0.2, 0.25) is 0 Å². The second-order valence-electron chi connectivity index (χ2n) is 9.35. The van der Waals surface area contributed by atoms with Gasteiger partial charge in [0.1, 0.15) is 5.84 Å². The zero-order chi connectivity index (χ0) is 25.9. The van der Waals surface area contributed by atoms with Gasteiger partial charge in [-0.25, -0.2) is 13.4 Å². The highest BCUT2D eigenvalue weighted by molar-refractivity contribution is 7.89. The Kier molecular flexibility index (Phi) is 7.92. The number of hydrogen-bond acceptors (Lipinski definition) is 6. The lowest BCUT2D eigenvalue weighted by Gasteiger charge is -2.22. The molecule has 4 rings (SSSR count). The van der Waals surface area contributed by atoms with E-state index in [0.29, 0.717) is 43.2 Å². The summed E-state index contributed by atoms with van der Waals surface area (Å²) in [7, 11) is -3.69. The van der Waals surface area contributed by atoms with E-state index in [4.69, 9.17) is 5.73 Å². The lowest BCUT2D eigenvalue weighted by molar-refractivity contribution is -0.127. The summed E-state index contributed by atoms with van der Waals surface area (Å²) >= 11 is 0. The summed E-state index contributed by atoms with van der Waals surface area (Å²) in [5.41, 5.74) is 9.79. The monoisotopic (exact) mass is 510 g/mol. The van der Waals surface area contributed by atoms with Crippen molar-refractivity contribution in [3.63, 3.8) is 0 Å². The fourth-order valence-corrected chi connectivity index (χ4v) is 6.22. The van der Waals surface area contributed by atoms with Crippen LogP contribution in [0.5, 0.6) is 0 Å². The van der Waals surface area contributed by atoms with E-state index in [-0.39, 0.29) is 23.8 Å². The second-order valence-corrected chi connectivity index (χ2v) is 11.3. The van der Waals surface area contributed by atoms with Gasteiger partial charge in [0.05, 0.1) is 16.7 Å². The SMILES string of the molecule is CCCN(CCC)C(=O)C1=Cc2ccc(-c3cccc(S(=O)(=O)N4CC[C@H](O)C4)c3)cc2N=C(N)C1. The van der Waals surface area contributed by atoms with Crippen molar-refractivity contribution in [2.45, 2.75) is 50.5 Å². The van der Waals surface area contributed by atoms with Crippen molar-refractivity contribution in [2.75, 3.05) is 26.2 Å². The highest BCUT2D eigenvalue weighted by Gasteiger charge is 2.31. The van der Waals surface area contributed by atoms with Crippen molar-refractivity contribution in [3.8, 4) is 11.1 Å². The minimum absolute atomic E-state index is 0.0151. The summed E-state index contributed by atoms with van der Waals surface area (Å²) in [6, 6.07) is 12.4. The molecule has 0 saturated carbocycles. The van der Waals surface area contributed by atoms with Gasteiger partial charge >= 0.3 is 0 Å². The van der Waals surface area contributed by atoms with Crippen LogP contribution in [-0.4, -0.2) is 66.8 Å². The van der Waals surface area contributed by atoms with Crippen LogP contribution < -0.4 is 5.73 Å². The van der Waals surface area contributed by atoms with Crippen molar-refractivity contribution >= 4 is 33.5 Å². The molecule has 0 aromatic heterocycles. The first-order valence-corrected chi connectivity index (χ1v) is 13.9. The molecule has 2 aromatic rings. The van der Waals surface area contributed by atoms with Gasteiger partial charge in [0.2, 0.25) is 15.9 Å². The molecule has 0 aliphatic carbocycles. The first-order chi connectivity index (χ1) is 17.2. The van der Waals surface area contributed by atoms with Gasteiger partial charge in [-0.15, -0.1) is 0 Å². The number of carbonyl (C=O) groups is 1. The van der Waals surface area contributed by atoms with E-state index < -0.39 is 16.1 Å². The summed E-state index contributed by atoms with van der Waals surface area (Å²) in [5.74, 6) is 0.348. The number of sulfonamides is 1. The maximum atomic E-state index is 13.2. The van der Waals surface area contributed by atoms with Gasteiger partial charge in [0, 0.05) is 43.7 Å². The second kappa shape index (κ2) is 10.9. The summed E-state index contributed by atoms with van der Waals surface area (Å²) in [4.78, 5) is 19.8. The number of amidine groups is 1. The molecule has 36 heavy (non-hydrogen) atoms. The minimum Gasteiger partial charge on any atom is -0.392 e. The number of carbonyl (C=O) groups excluding carboxylic acids is 1. The average Bonchev–Trinajstić information content (AvgIpc) is 3.23. The van der Waals surface area contributed by atoms with Crippen molar-refractivity contribution in [1.29, 1.82) is 0 Å². The van der Waals surface area contributed by atoms with Gasteiger partial charge in [-0.05, 0) is 54.7 Å². The number of fused-ring (bicyclic) bond motifs is 1. The van der Waals surface area contributed by atoms with Gasteiger partial charge in [-0.1, -0.05) is 38.1 Å². The lowest BCUT2D eigenvalue weighted by Crippen LogP contribution is -2.34. The van der Waals surface area contributed by atoms with Crippen LogP contribution in [0.15, 0.2) is 57.9 Å². The zero-order valence-corrected chi connectivity index (χ0v) is 21.7. The number of β-amino-alcohol motifs (C(OH)–C–C–N with tert-alkyl or cyclic N) is 1. The van der Waals surface area contributed by atoms with Crippen LogP contribution in [0.4, 0.5) is 5.69 Å². The smallest absolute Gasteiger partial charge is 0.250 e. The molecule has 1 fully saturated rings. The molecular weight excluding hydrogens is 476 g/mol. The highest BCUT2D eigenvalue weighted by atomic mass is 32.2. The molecule has 1 amide bonds. The number of rotatable bonds is 8. The molecule has 1 saturated heterocycles. The molecular formula is C27H34N4O4S. The Morgan fingerprint density at radius 3 is 2.53 bits per heavy atom. The molecule has 2 aliphatic rings. The molecule has 2 aromatic carbocycles. The van der Waals surface area contributed by atoms with E-state index in [2.05, 4.69) is 18.8 Å². The van der Waals surface area contributed by atoms with Crippen molar-refractivity contribution in [2.24, 2.45) is 10.7 Å². The molecule has 0 radical (unpaired) electrons. The average molecular weight is 511 g/mol. The first-order valence-electron chi connectivity index (χ1n) is 12.5. The van der Waals surface area contributed by atoms with E-state index >= 15 is 0 Å². The van der Waals surface area contributed by atoms with E-state index in [1.165, 1.54) is 4.31 Å². The summed E-state index contributed by atoms with van der Waals surface area (Å²) < 4.78 is 27.5. The van der Waals surface area contributed by atoms with Crippen molar-refractivity contribution in [1.82, 2.24) is 9.21 Å².